The maximum Gasteiger partial charge on any atom is 0.227 e. The molecule has 1 aliphatic heterocycles. The fourth-order valence-electron chi connectivity index (χ4n) is 2.63. The number of hydrogen-bond acceptors (Lipinski definition) is 4. The summed E-state index contributed by atoms with van der Waals surface area (Å²) in [6.45, 7) is 3.76. The molecule has 1 aromatic rings. The molecule has 1 aromatic heterocycles. The van der Waals surface area contributed by atoms with Crippen LogP contribution in [-0.4, -0.2) is 60.1 Å². The largest absolute Gasteiger partial charge is 0.387 e. The predicted octanol–water partition coefficient (Wildman–Crippen LogP) is 1.12. The van der Waals surface area contributed by atoms with E-state index in [0.717, 1.165) is 4.88 Å². The van der Waals surface area contributed by atoms with Crippen molar-refractivity contribution in [2.75, 3.05) is 33.7 Å². The van der Waals surface area contributed by atoms with Crippen molar-refractivity contribution >= 4 is 17.2 Å². The SMILES string of the molecule is Cc1ccc(CC(=O)N2CC[C@](O)(CN(C)C)C2)s1. The van der Waals surface area contributed by atoms with E-state index in [4.69, 9.17) is 0 Å². The van der Waals surface area contributed by atoms with Crippen LogP contribution >= 0.6 is 11.3 Å². The minimum absolute atomic E-state index is 0.122. The van der Waals surface area contributed by atoms with Gasteiger partial charge in [-0.05, 0) is 39.6 Å². The Morgan fingerprint density at radius 2 is 2.26 bits per heavy atom. The van der Waals surface area contributed by atoms with Crippen molar-refractivity contribution in [2.24, 2.45) is 0 Å². The second-order valence-electron chi connectivity index (χ2n) is 5.72. The third kappa shape index (κ3) is 3.78. The van der Waals surface area contributed by atoms with Gasteiger partial charge in [-0.15, -0.1) is 11.3 Å². The van der Waals surface area contributed by atoms with E-state index in [1.165, 1.54) is 4.88 Å². The number of likely N-dealkylation sites (N-methyl/N-ethyl adjacent to an activating group) is 1. The molecule has 2 rings (SSSR count). The van der Waals surface area contributed by atoms with Crippen LogP contribution in [-0.2, 0) is 11.2 Å². The quantitative estimate of drug-likeness (QED) is 0.900. The Bertz CT molecular complexity index is 458. The molecule has 0 bridgehead atoms. The minimum Gasteiger partial charge on any atom is -0.387 e. The number of β-amino-alcohol motifs (C(OH)–C–C–N with tert-alkyl or cyclic N) is 1. The molecule has 2 heterocycles. The Labute approximate surface area is 118 Å². The van der Waals surface area contributed by atoms with Gasteiger partial charge in [0.1, 0.15) is 0 Å². The lowest BCUT2D eigenvalue weighted by Crippen LogP contribution is -2.43. The number of carbonyl (C=O) groups is 1. The molecular weight excluding hydrogens is 260 g/mol. The first-order valence-corrected chi connectivity index (χ1v) is 7.40. The highest BCUT2D eigenvalue weighted by Gasteiger charge is 2.38. The monoisotopic (exact) mass is 282 g/mol. The van der Waals surface area contributed by atoms with E-state index < -0.39 is 5.60 Å². The second-order valence-corrected chi connectivity index (χ2v) is 7.09. The summed E-state index contributed by atoms with van der Waals surface area (Å²) in [7, 11) is 3.88. The van der Waals surface area contributed by atoms with Crippen LogP contribution in [0.3, 0.4) is 0 Å². The fourth-order valence-corrected chi connectivity index (χ4v) is 3.51. The molecular formula is C14H22N2O2S. The van der Waals surface area contributed by atoms with Crippen molar-refractivity contribution in [3.63, 3.8) is 0 Å². The van der Waals surface area contributed by atoms with Crippen LogP contribution in [0.4, 0.5) is 0 Å². The van der Waals surface area contributed by atoms with Gasteiger partial charge in [0.15, 0.2) is 0 Å². The van der Waals surface area contributed by atoms with E-state index in [2.05, 4.69) is 0 Å². The summed E-state index contributed by atoms with van der Waals surface area (Å²) < 4.78 is 0. The molecule has 0 aromatic carbocycles. The highest BCUT2D eigenvalue weighted by atomic mass is 32.1. The van der Waals surface area contributed by atoms with Gasteiger partial charge in [0.2, 0.25) is 5.91 Å². The molecule has 1 aliphatic rings. The Kier molecular flexibility index (Phi) is 4.28. The molecule has 1 saturated heterocycles. The number of rotatable bonds is 4. The van der Waals surface area contributed by atoms with Crippen LogP contribution in [0.1, 0.15) is 16.2 Å². The van der Waals surface area contributed by atoms with Crippen molar-refractivity contribution in [3.05, 3.63) is 21.9 Å². The van der Waals surface area contributed by atoms with Crippen molar-refractivity contribution in [1.29, 1.82) is 0 Å². The van der Waals surface area contributed by atoms with Gasteiger partial charge in [-0.25, -0.2) is 0 Å². The fraction of sp³-hybridized carbons (Fsp3) is 0.643. The molecule has 1 amide bonds. The van der Waals surface area contributed by atoms with Gasteiger partial charge in [0.25, 0.3) is 0 Å². The molecule has 0 spiro atoms. The van der Waals surface area contributed by atoms with Gasteiger partial charge in [0, 0.05) is 22.8 Å². The highest BCUT2D eigenvalue weighted by molar-refractivity contribution is 7.12. The molecule has 0 saturated carbocycles. The number of likely N-dealkylation sites (tertiary alicyclic amines) is 1. The Morgan fingerprint density at radius 3 is 2.84 bits per heavy atom. The lowest BCUT2D eigenvalue weighted by atomic mass is 10.0. The first-order chi connectivity index (χ1) is 8.88. The third-order valence-corrected chi connectivity index (χ3v) is 4.42. The van der Waals surface area contributed by atoms with E-state index in [1.807, 2.05) is 38.1 Å². The number of hydrogen-bond donors (Lipinski definition) is 1. The van der Waals surface area contributed by atoms with Gasteiger partial charge in [-0.2, -0.15) is 0 Å². The zero-order valence-electron chi connectivity index (χ0n) is 11.8. The van der Waals surface area contributed by atoms with E-state index in [-0.39, 0.29) is 5.91 Å². The van der Waals surface area contributed by atoms with Crippen LogP contribution in [0, 0.1) is 6.92 Å². The van der Waals surface area contributed by atoms with Crippen molar-refractivity contribution < 1.29 is 9.90 Å². The van der Waals surface area contributed by atoms with Crippen LogP contribution in [0.2, 0.25) is 0 Å². The van der Waals surface area contributed by atoms with E-state index >= 15 is 0 Å². The molecule has 1 fully saturated rings. The topological polar surface area (TPSA) is 43.8 Å². The van der Waals surface area contributed by atoms with Gasteiger partial charge in [-0.1, -0.05) is 0 Å². The molecule has 19 heavy (non-hydrogen) atoms. The first kappa shape index (κ1) is 14.5. The summed E-state index contributed by atoms with van der Waals surface area (Å²) in [4.78, 5) is 18.3. The highest BCUT2D eigenvalue weighted by Crippen LogP contribution is 2.23. The normalized spacial score (nSPS) is 23.3. The van der Waals surface area contributed by atoms with E-state index in [9.17, 15) is 9.90 Å². The molecule has 106 valence electrons. The van der Waals surface area contributed by atoms with Crippen LogP contribution < -0.4 is 0 Å². The molecule has 0 aliphatic carbocycles. The van der Waals surface area contributed by atoms with Crippen LogP contribution in [0.5, 0.6) is 0 Å². The number of aryl methyl sites for hydroxylation is 1. The molecule has 4 nitrogen and oxygen atoms in total. The summed E-state index contributed by atoms with van der Waals surface area (Å²) in [5.41, 5.74) is -0.746. The van der Waals surface area contributed by atoms with Crippen molar-refractivity contribution in [3.8, 4) is 0 Å². The lowest BCUT2D eigenvalue weighted by Gasteiger charge is -2.26. The Morgan fingerprint density at radius 1 is 1.53 bits per heavy atom. The van der Waals surface area contributed by atoms with Gasteiger partial charge in [-0.3, -0.25) is 4.79 Å². The minimum atomic E-state index is -0.746. The Balaban J connectivity index is 1.91. The Hall–Kier alpha value is -0.910. The lowest BCUT2D eigenvalue weighted by molar-refractivity contribution is -0.130. The number of nitrogens with zero attached hydrogens (tertiary/aromatic N) is 2. The average molecular weight is 282 g/mol. The van der Waals surface area contributed by atoms with Gasteiger partial charge < -0.3 is 14.9 Å². The third-order valence-electron chi connectivity index (χ3n) is 3.42. The van der Waals surface area contributed by atoms with Gasteiger partial charge >= 0.3 is 0 Å². The van der Waals surface area contributed by atoms with E-state index in [0.29, 0.717) is 32.5 Å². The number of thiophene rings is 1. The van der Waals surface area contributed by atoms with Crippen molar-refractivity contribution in [2.45, 2.75) is 25.4 Å². The average Bonchev–Trinajstić information content (AvgIpc) is 2.84. The molecule has 1 N–H and O–H groups in total. The summed E-state index contributed by atoms with van der Waals surface area (Å²) in [5, 5.41) is 10.4. The number of amides is 1. The zero-order valence-corrected chi connectivity index (χ0v) is 12.7. The molecule has 0 radical (unpaired) electrons. The van der Waals surface area contributed by atoms with Crippen LogP contribution in [0.15, 0.2) is 12.1 Å². The first-order valence-electron chi connectivity index (χ1n) is 6.58. The molecule has 0 unspecified atom stereocenters. The summed E-state index contributed by atoms with van der Waals surface area (Å²) >= 11 is 1.67. The van der Waals surface area contributed by atoms with Gasteiger partial charge in [0.05, 0.1) is 18.6 Å². The molecule has 1 atom stereocenters. The maximum absolute atomic E-state index is 12.2. The molecule has 5 heteroatoms. The maximum atomic E-state index is 12.2. The summed E-state index contributed by atoms with van der Waals surface area (Å²) in [5.74, 6) is 0.122. The predicted molar refractivity (Wildman–Crippen MR) is 77.5 cm³/mol. The van der Waals surface area contributed by atoms with Crippen LogP contribution in [0.25, 0.3) is 0 Å². The van der Waals surface area contributed by atoms with Crippen molar-refractivity contribution in [1.82, 2.24) is 9.80 Å². The zero-order chi connectivity index (χ0) is 14.0. The second kappa shape index (κ2) is 5.61. The summed E-state index contributed by atoms with van der Waals surface area (Å²) in [6, 6.07) is 4.06. The summed E-state index contributed by atoms with van der Waals surface area (Å²) in [6.07, 6.45) is 1.12. The van der Waals surface area contributed by atoms with E-state index in [1.54, 1.807) is 16.2 Å². The standard InChI is InChI=1S/C14H22N2O2S/c1-11-4-5-12(19-11)8-13(17)16-7-6-14(18,10-16)9-15(2)3/h4-5,18H,6-10H2,1-3H3/t14-/m0/s1. The smallest absolute Gasteiger partial charge is 0.227 e. The number of carbonyl (C=O) groups excluding carboxylic acids is 1. The number of aliphatic hydroxyl groups is 1.